The largest absolute Gasteiger partial charge is 0.481 e. The number of aromatic amines is 1. The second-order valence-electron chi connectivity index (χ2n) is 4.96. The van der Waals surface area contributed by atoms with Crippen LogP contribution in [0.15, 0.2) is 18.2 Å². The quantitative estimate of drug-likeness (QED) is 0.730. The summed E-state index contributed by atoms with van der Waals surface area (Å²) in [6.45, 7) is 2.13. The number of carbonyl (C=O) groups is 2. The summed E-state index contributed by atoms with van der Waals surface area (Å²) in [5.41, 5.74) is 2.38. The molecule has 0 fully saturated rings. The zero-order valence-corrected chi connectivity index (χ0v) is 12.0. The van der Waals surface area contributed by atoms with Gasteiger partial charge in [-0.3, -0.25) is 9.59 Å². The number of imidazole rings is 1. The van der Waals surface area contributed by atoms with E-state index in [2.05, 4.69) is 22.2 Å². The van der Waals surface area contributed by atoms with Gasteiger partial charge in [0, 0.05) is 18.5 Å². The van der Waals surface area contributed by atoms with Crippen LogP contribution in [0.4, 0.5) is 5.69 Å². The molecule has 1 aromatic carbocycles. The van der Waals surface area contributed by atoms with Crippen LogP contribution in [0.25, 0.3) is 11.0 Å². The number of nitrogens with one attached hydrogen (secondary N) is 2. The van der Waals surface area contributed by atoms with Crippen molar-refractivity contribution in [1.82, 2.24) is 9.97 Å². The Bertz CT molecular complexity index is 649. The number of aryl methyl sites for hydroxylation is 1. The predicted molar refractivity (Wildman–Crippen MR) is 80.2 cm³/mol. The Morgan fingerprint density at radius 1 is 1.33 bits per heavy atom. The molecule has 112 valence electrons. The summed E-state index contributed by atoms with van der Waals surface area (Å²) in [4.78, 5) is 29.7. The van der Waals surface area contributed by atoms with E-state index < -0.39 is 5.97 Å². The number of nitrogens with zero attached hydrogens (tertiary/aromatic N) is 1. The summed E-state index contributed by atoms with van der Waals surface area (Å²) in [6.07, 6.45) is 2.91. The van der Waals surface area contributed by atoms with Gasteiger partial charge in [-0.2, -0.15) is 0 Å². The van der Waals surface area contributed by atoms with Gasteiger partial charge in [-0.1, -0.05) is 13.3 Å². The summed E-state index contributed by atoms with van der Waals surface area (Å²) >= 11 is 0. The molecule has 2 aromatic rings. The number of carboxylic acid groups (broad SMARTS) is 1. The molecule has 1 heterocycles. The molecule has 0 aliphatic heterocycles. The van der Waals surface area contributed by atoms with Crippen molar-refractivity contribution >= 4 is 28.6 Å². The highest BCUT2D eigenvalue weighted by molar-refractivity contribution is 5.94. The van der Waals surface area contributed by atoms with Crippen LogP contribution in [0.1, 0.15) is 38.4 Å². The lowest BCUT2D eigenvalue weighted by Crippen LogP contribution is -2.13. The van der Waals surface area contributed by atoms with Crippen molar-refractivity contribution in [1.29, 1.82) is 0 Å². The van der Waals surface area contributed by atoms with Crippen molar-refractivity contribution < 1.29 is 14.7 Å². The highest BCUT2D eigenvalue weighted by atomic mass is 16.4. The monoisotopic (exact) mass is 289 g/mol. The number of anilines is 1. The number of fused-ring (bicyclic) bond motifs is 1. The second-order valence-corrected chi connectivity index (χ2v) is 4.96. The first kappa shape index (κ1) is 15.0. The molecular formula is C15H19N3O3. The van der Waals surface area contributed by atoms with Crippen molar-refractivity contribution in [2.24, 2.45) is 0 Å². The lowest BCUT2D eigenvalue weighted by Gasteiger charge is -2.03. The number of H-pyrrole nitrogens is 1. The molecule has 0 saturated heterocycles. The molecule has 21 heavy (non-hydrogen) atoms. The minimum Gasteiger partial charge on any atom is -0.481 e. The van der Waals surface area contributed by atoms with Gasteiger partial charge in [0.25, 0.3) is 0 Å². The second kappa shape index (κ2) is 6.88. The van der Waals surface area contributed by atoms with Crippen LogP contribution >= 0.6 is 0 Å². The van der Waals surface area contributed by atoms with Gasteiger partial charge in [0.2, 0.25) is 5.91 Å². The Morgan fingerprint density at radius 2 is 2.14 bits per heavy atom. The molecule has 0 aliphatic carbocycles. The lowest BCUT2D eigenvalue weighted by molar-refractivity contribution is -0.138. The average Bonchev–Trinajstić information content (AvgIpc) is 2.85. The molecule has 6 nitrogen and oxygen atoms in total. The minimum atomic E-state index is -0.977. The van der Waals surface area contributed by atoms with Crippen LogP contribution < -0.4 is 5.32 Å². The van der Waals surface area contributed by atoms with E-state index in [1.54, 1.807) is 6.07 Å². The summed E-state index contributed by atoms with van der Waals surface area (Å²) in [5, 5.41) is 11.2. The van der Waals surface area contributed by atoms with Crippen molar-refractivity contribution in [2.75, 3.05) is 5.32 Å². The molecule has 0 atom stereocenters. The molecular weight excluding hydrogens is 270 g/mol. The van der Waals surface area contributed by atoms with E-state index in [1.807, 2.05) is 12.1 Å². The summed E-state index contributed by atoms with van der Waals surface area (Å²) in [6, 6.07) is 5.43. The molecule has 0 bridgehead atoms. The Morgan fingerprint density at radius 3 is 2.86 bits per heavy atom. The van der Waals surface area contributed by atoms with Crippen molar-refractivity contribution in [3.05, 3.63) is 24.0 Å². The Labute approximate surface area is 122 Å². The van der Waals surface area contributed by atoms with Crippen LogP contribution in [0.5, 0.6) is 0 Å². The molecule has 1 amide bonds. The SMILES string of the molecule is CCCCc1nc2ccc(NC(=O)CCC(=O)O)cc2[nH]1. The molecule has 2 rings (SSSR count). The number of rotatable bonds is 7. The molecule has 0 saturated carbocycles. The van der Waals surface area contributed by atoms with Crippen molar-refractivity contribution in [3.8, 4) is 0 Å². The summed E-state index contributed by atoms with van der Waals surface area (Å²) in [5.74, 6) is -0.335. The Kier molecular flexibility index (Phi) is 4.92. The van der Waals surface area contributed by atoms with E-state index in [9.17, 15) is 9.59 Å². The van der Waals surface area contributed by atoms with E-state index >= 15 is 0 Å². The van der Waals surface area contributed by atoms with E-state index in [0.717, 1.165) is 36.1 Å². The molecule has 0 aliphatic rings. The predicted octanol–water partition coefficient (Wildman–Crippen LogP) is 2.71. The standard InChI is InChI=1S/C15H19N3O3/c1-2-3-4-13-17-11-6-5-10(9-12(11)18-13)16-14(19)7-8-15(20)21/h5-6,9H,2-4,7-8H2,1H3,(H,16,19)(H,17,18)(H,20,21). The summed E-state index contributed by atoms with van der Waals surface area (Å²) in [7, 11) is 0. The number of unbranched alkanes of at least 4 members (excludes halogenated alkanes) is 1. The van der Waals surface area contributed by atoms with Crippen LogP contribution in [-0.4, -0.2) is 27.0 Å². The molecule has 0 unspecified atom stereocenters. The van der Waals surface area contributed by atoms with Gasteiger partial charge in [-0.05, 0) is 24.6 Å². The molecule has 1 aromatic heterocycles. The van der Waals surface area contributed by atoms with Gasteiger partial charge in [0.05, 0.1) is 17.5 Å². The number of carbonyl (C=O) groups excluding carboxylic acids is 1. The highest BCUT2D eigenvalue weighted by Crippen LogP contribution is 2.18. The number of carboxylic acids is 1. The number of aromatic nitrogens is 2. The van der Waals surface area contributed by atoms with Crippen LogP contribution in [0.3, 0.4) is 0 Å². The van der Waals surface area contributed by atoms with Gasteiger partial charge < -0.3 is 15.4 Å². The topological polar surface area (TPSA) is 95.1 Å². The van der Waals surface area contributed by atoms with Gasteiger partial charge in [-0.25, -0.2) is 4.98 Å². The number of amides is 1. The van der Waals surface area contributed by atoms with Crippen LogP contribution in [0.2, 0.25) is 0 Å². The fourth-order valence-corrected chi connectivity index (χ4v) is 2.05. The molecule has 0 spiro atoms. The maximum atomic E-state index is 11.6. The van der Waals surface area contributed by atoms with Gasteiger partial charge in [0.15, 0.2) is 0 Å². The Balaban J connectivity index is 2.04. The molecule has 6 heteroatoms. The Hall–Kier alpha value is -2.37. The molecule has 0 radical (unpaired) electrons. The normalized spacial score (nSPS) is 10.7. The third kappa shape index (κ3) is 4.30. The third-order valence-electron chi connectivity index (χ3n) is 3.15. The maximum Gasteiger partial charge on any atom is 0.303 e. The van der Waals surface area contributed by atoms with E-state index in [4.69, 9.17) is 5.11 Å². The fourth-order valence-electron chi connectivity index (χ4n) is 2.05. The van der Waals surface area contributed by atoms with Gasteiger partial charge in [-0.15, -0.1) is 0 Å². The fraction of sp³-hybridized carbons (Fsp3) is 0.400. The average molecular weight is 289 g/mol. The number of hydrogen-bond acceptors (Lipinski definition) is 3. The maximum absolute atomic E-state index is 11.6. The van der Waals surface area contributed by atoms with Crippen molar-refractivity contribution in [2.45, 2.75) is 39.0 Å². The van der Waals surface area contributed by atoms with Gasteiger partial charge >= 0.3 is 5.97 Å². The van der Waals surface area contributed by atoms with Crippen LogP contribution in [-0.2, 0) is 16.0 Å². The van der Waals surface area contributed by atoms with E-state index in [1.165, 1.54) is 0 Å². The number of hydrogen-bond donors (Lipinski definition) is 3. The molecule has 3 N–H and O–H groups in total. The number of benzene rings is 1. The number of aliphatic carboxylic acids is 1. The highest BCUT2D eigenvalue weighted by Gasteiger charge is 2.08. The smallest absolute Gasteiger partial charge is 0.303 e. The van der Waals surface area contributed by atoms with Gasteiger partial charge in [0.1, 0.15) is 5.82 Å². The van der Waals surface area contributed by atoms with E-state index in [0.29, 0.717) is 5.69 Å². The third-order valence-corrected chi connectivity index (χ3v) is 3.15. The first-order chi connectivity index (χ1) is 10.1. The first-order valence-corrected chi connectivity index (χ1v) is 7.08. The van der Waals surface area contributed by atoms with Crippen molar-refractivity contribution in [3.63, 3.8) is 0 Å². The van der Waals surface area contributed by atoms with Crippen LogP contribution in [0, 0.1) is 0 Å². The first-order valence-electron chi connectivity index (χ1n) is 7.08. The van der Waals surface area contributed by atoms with E-state index in [-0.39, 0.29) is 18.7 Å². The minimum absolute atomic E-state index is 0.0297. The zero-order chi connectivity index (χ0) is 15.2. The lowest BCUT2D eigenvalue weighted by atomic mass is 10.2. The zero-order valence-electron chi connectivity index (χ0n) is 12.0. The summed E-state index contributed by atoms with van der Waals surface area (Å²) < 4.78 is 0.